The average molecular weight is 318 g/mol. The number of carbonyl (C=O) groups excluding carboxylic acids is 1. The molecule has 0 radical (unpaired) electrons. The van der Waals surface area contributed by atoms with Gasteiger partial charge in [-0.05, 0) is 36.1 Å². The number of fused-ring (bicyclic) bond motifs is 1. The van der Waals surface area contributed by atoms with Crippen LogP contribution >= 0.6 is 0 Å². The number of carbonyl (C=O) groups is 1. The molecule has 2 heterocycles. The van der Waals surface area contributed by atoms with Crippen molar-refractivity contribution >= 4 is 5.91 Å². The van der Waals surface area contributed by atoms with E-state index in [9.17, 15) is 4.79 Å². The second-order valence-corrected chi connectivity index (χ2v) is 6.04. The first-order chi connectivity index (χ1) is 11.7. The average Bonchev–Trinajstić information content (AvgIpc) is 3.30. The van der Waals surface area contributed by atoms with Crippen LogP contribution in [0.1, 0.15) is 33.9 Å². The number of rotatable bonds is 3. The van der Waals surface area contributed by atoms with Crippen LogP contribution in [0.25, 0.3) is 5.82 Å². The van der Waals surface area contributed by atoms with Crippen LogP contribution in [0.2, 0.25) is 0 Å². The summed E-state index contributed by atoms with van der Waals surface area (Å²) in [6.07, 6.45) is 8.84. The van der Waals surface area contributed by atoms with Crippen molar-refractivity contribution in [3.63, 3.8) is 0 Å². The Morgan fingerprint density at radius 2 is 2.12 bits per heavy atom. The molecule has 0 spiro atoms. The highest BCUT2D eigenvalue weighted by molar-refractivity contribution is 5.94. The summed E-state index contributed by atoms with van der Waals surface area (Å²) in [5, 5.41) is 0. The third-order valence-corrected chi connectivity index (χ3v) is 4.65. The second kappa shape index (κ2) is 5.92. The van der Waals surface area contributed by atoms with Crippen LogP contribution in [-0.2, 0) is 6.42 Å². The fraction of sp³-hybridized carbons (Fsp3) is 0.211. The van der Waals surface area contributed by atoms with Gasteiger partial charge in [-0.3, -0.25) is 9.36 Å². The summed E-state index contributed by atoms with van der Waals surface area (Å²) in [5.41, 5.74) is 3.21. The molecule has 3 aromatic rings. The number of hydrogen-bond donors (Lipinski definition) is 0. The van der Waals surface area contributed by atoms with Gasteiger partial charge >= 0.3 is 0 Å². The molecule has 1 unspecified atom stereocenters. The molecule has 0 aliphatic heterocycles. The van der Waals surface area contributed by atoms with E-state index in [-0.39, 0.29) is 11.9 Å². The molecule has 1 aliphatic carbocycles. The van der Waals surface area contributed by atoms with Crippen molar-refractivity contribution in [1.29, 1.82) is 0 Å². The van der Waals surface area contributed by atoms with E-state index in [1.54, 1.807) is 18.7 Å². The molecule has 0 saturated heterocycles. The zero-order chi connectivity index (χ0) is 16.5. The normalized spacial score (nSPS) is 16.0. The van der Waals surface area contributed by atoms with Crippen molar-refractivity contribution in [3.8, 4) is 5.82 Å². The molecule has 1 amide bonds. The molecular weight excluding hydrogens is 300 g/mol. The van der Waals surface area contributed by atoms with Crippen molar-refractivity contribution in [2.75, 3.05) is 7.05 Å². The Bertz CT molecular complexity index is 855. The summed E-state index contributed by atoms with van der Waals surface area (Å²) in [6, 6.07) is 12.2. The number of pyridine rings is 1. The minimum Gasteiger partial charge on any atom is -0.335 e. The van der Waals surface area contributed by atoms with Gasteiger partial charge in [0.15, 0.2) is 0 Å². The first-order valence-electron chi connectivity index (χ1n) is 8.03. The number of benzene rings is 1. The van der Waals surface area contributed by atoms with Gasteiger partial charge in [-0.1, -0.05) is 24.3 Å². The molecule has 120 valence electrons. The Labute approximate surface area is 140 Å². The molecule has 24 heavy (non-hydrogen) atoms. The molecule has 2 aromatic heterocycles. The summed E-state index contributed by atoms with van der Waals surface area (Å²) in [7, 11) is 1.87. The van der Waals surface area contributed by atoms with E-state index < -0.39 is 0 Å². The molecule has 4 rings (SSSR count). The Kier molecular flexibility index (Phi) is 3.61. The number of imidazole rings is 1. The summed E-state index contributed by atoms with van der Waals surface area (Å²) in [5.74, 6) is 0.749. The zero-order valence-electron chi connectivity index (χ0n) is 13.5. The highest BCUT2D eigenvalue weighted by Gasteiger charge is 2.28. The monoisotopic (exact) mass is 318 g/mol. The lowest BCUT2D eigenvalue weighted by Crippen LogP contribution is -2.30. The molecule has 0 bridgehead atoms. The smallest absolute Gasteiger partial charge is 0.255 e. The Hall–Kier alpha value is -2.95. The zero-order valence-corrected chi connectivity index (χ0v) is 13.5. The molecule has 5 nitrogen and oxygen atoms in total. The molecule has 5 heteroatoms. The lowest BCUT2D eigenvalue weighted by molar-refractivity contribution is 0.0730. The van der Waals surface area contributed by atoms with Gasteiger partial charge in [-0.15, -0.1) is 0 Å². The Balaban J connectivity index is 1.55. The third-order valence-electron chi connectivity index (χ3n) is 4.65. The van der Waals surface area contributed by atoms with Crippen molar-refractivity contribution in [3.05, 3.63) is 78.0 Å². The third kappa shape index (κ3) is 2.48. The van der Waals surface area contributed by atoms with E-state index in [0.717, 1.165) is 18.7 Å². The van der Waals surface area contributed by atoms with Crippen LogP contribution in [0, 0.1) is 0 Å². The lowest BCUT2D eigenvalue weighted by Gasteiger charge is -2.25. The van der Waals surface area contributed by atoms with Gasteiger partial charge in [-0.25, -0.2) is 9.97 Å². The number of nitrogens with zero attached hydrogens (tertiary/aromatic N) is 4. The summed E-state index contributed by atoms with van der Waals surface area (Å²) in [4.78, 5) is 23.0. The fourth-order valence-corrected chi connectivity index (χ4v) is 3.34. The predicted molar refractivity (Wildman–Crippen MR) is 91.0 cm³/mol. The van der Waals surface area contributed by atoms with Crippen LogP contribution < -0.4 is 0 Å². The molecule has 0 saturated carbocycles. The molecular formula is C19H18N4O. The van der Waals surface area contributed by atoms with E-state index in [1.807, 2.05) is 40.9 Å². The van der Waals surface area contributed by atoms with Gasteiger partial charge in [0.05, 0.1) is 11.6 Å². The predicted octanol–water partition coefficient (Wildman–Crippen LogP) is 3.03. The van der Waals surface area contributed by atoms with Crippen molar-refractivity contribution in [2.45, 2.75) is 18.9 Å². The van der Waals surface area contributed by atoms with Crippen LogP contribution in [0.15, 0.2) is 61.3 Å². The molecule has 1 atom stereocenters. The van der Waals surface area contributed by atoms with Crippen LogP contribution in [0.5, 0.6) is 0 Å². The van der Waals surface area contributed by atoms with E-state index in [0.29, 0.717) is 5.56 Å². The van der Waals surface area contributed by atoms with Crippen LogP contribution in [0.4, 0.5) is 0 Å². The van der Waals surface area contributed by atoms with Crippen LogP contribution in [0.3, 0.4) is 0 Å². The number of aromatic nitrogens is 3. The summed E-state index contributed by atoms with van der Waals surface area (Å²) < 4.78 is 1.81. The summed E-state index contributed by atoms with van der Waals surface area (Å²) in [6.45, 7) is 0. The SMILES string of the molecule is CN(C(=O)c1ccc(-n2ccnc2)nc1)C1CCc2ccccc21. The van der Waals surface area contributed by atoms with E-state index in [2.05, 4.69) is 28.2 Å². The van der Waals surface area contributed by atoms with Gasteiger partial charge in [0.25, 0.3) is 5.91 Å². The fourth-order valence-electron chi connectivity index (χ4n) is 3.34. The molecule has 1 aromatic carbocycles. The van der Waals surface area contributed by atoms with E-state index >= 15 is 0 Å². The van der Waals surface area contributed by atoms with Gasteiger partial charge in [0.1, 0.15) is 12.1 Å². The van der Waals surface area contributed by atoms with Crippen molar-refractivity contribution < 1.29 is 4.79 Å². The van der Waals surface area contributed by atoms with E-state index in [1.165, 1.54) is 11.1 Å². The van der Waals surface area contributed by atoms with Crippen LogP contribution in [-0.4, -0.2) is 32.4 Å². The first kappa shape index (κ1) is 14.6. The topological polar surface area (TPSA) is 51.0 Å². The number of aryl methyl sites for hydroxylation is 1. The maximum absolute atomic E-state index is 12.8. The summed E-state index contributed by atoms with van der Waals surface area (Å²) >= 11 is 0. The second-order valence-electron chi connectivity index (χ2n) is 6.04. The Morgan fingerprint density at radius 3 is 2.88 bits per heavy atom. The highest BCUT2D eigenvalue weighted by Crippen LogP contribution is 2.35. The van der Waals surface area contributed by atoms with Gasteiger partial charge in [-0.2, -0.15) is 0 Å². The largest absolute Gasteiger partial charge is 0.335 e. The standard InChI is InChI=1S/C19H18N4O/c1-22(17-8-6-14-4-2-3-5-16(14)17)19(24)15-7-9-18(21-12-15)23-11-10-20-13-23/h2-5,7,9-13,17H,6,8H2,1H3. The molecule has 1 aliphatic rings. The van der Waals surface area contributed by atoms with Gasteiger partial charge < -0.3 is 4.90 Å². The lowest BCUT2D eigenvalue weighted by atomic mass is 10.1. The molecule has 0 fully saturated rings. The van der Waals surface area contributed by atoms with Gasteiger partial charge in [0.2, 0.25) is 0 Å². The van der Waals surface area contributed by atoms with Crippen molar-refractivity contribution in [2.24, 2.45) is 0 Å². The van der Waals surface area contributed by atoms with Crippen molar-refractivity contribution in [1.82, 2.24) is 19.4 Å². The van der Waals surface area contributed by atoms with Gasteiger partial charge in [0, 0.05) is 25.6 Å². The first-order valence-corrected chi connectivity index (χ1v) is 8.03. The quantitative estimate of drug-likeness (QED) is 0.746. The molecule has 0 N–H and O–H groups in total. The maximum Gasteiger partial charge on any atom is 0.255 e. The minimum atomic E-state index is 0.00128. The number of amides is 1. The Morgan fingerprint density at radius 1 is 1.25 bits per heavy atom. The van der Waals surface area contributed by atoms with E-state index in [4.69, 9.17) is 0 Å². The minimum absolute atomic E-state index is 0.00128. The highest BCUT2D eigenvalue weighted by atomic mass is 16.2. The number of hydrogen-bond acceptors (Lipinski definition) is 3. The maximum atomic E-state index is 12.8.